The number of alkyl halides is 9. The summed E-state index contributed by atoms with van der Waals surface area (Å²) < 4.78 is 120. The lowest BCUT2D eigenvalue weighted by molar-refractivity contribution is -0.407. The summed E-state index contributed by atoms with van der Waals surface area (Å²) in [6.45, 7) is -1.30. The van der Waals surface area contributed by atoms with Crippen molar-refractivity contribution in [1.82, 2.24) is 0 Å². The fraction of sp³-hybridized carbons (Fsp3) is 1.00. The molecule has 0 aromatic rings. The second kappa shape index (κ2) is 5.35. The van der Waals surface area contributed by atoms with Crippen molar-refractivity contribution >= 4 is 0 Å². The van der Waals surface area contributed by atoms with Gasteiger partial charge in [-0.25, -0.2) is 0 Å². The minimum atomic E-state index is -6.92. The van der Waals surface area contributed by atoms with Gasteiger partial charge in [-0.3, -0.25) is 0 Å². The molecule has 1 unspecified atom stereocenters. The van der Waals surface area contributed by atoms with Gasteiger partial charge >= 0.3 is 23.9 Å². The maximum absolute atomic E-state index is 13.1. The Morgan fingerprint density at radius 1 is 0.789 bits per heavy atom. The van der Waals surface area contributed by atoms with Crippen LogP contribution in [0, 0.1) is 0 Å². The predicted octanol–water partition coefficient (Wildman–Crippen LogP) is 3.12. The molecule has 0 aliphatic rings. The summed E-state index contributed by atoms with van der Waals surface area (Å²) in [6.07, 6.45) is -9.81. The summed E-state index contributed by atoms with van der Waals surface area (Å²) in [5.41, 5.74) is 0. The van der Waals surface area contributed by atoms with Crippen LogP contribution in [0.2, 0.25) is 0 Å². The predicted molar refractivity (Wildman–Crippen MR) is 43.6 cm³/mol. The molecule has 0 radical (unpaired) electrons. The molecule has 2 nitrogen and oxygen atoms in total. The summed E-state index contributed by atoms with van der Waals surface area (Å²) in [6, 6.07) is 0. The Kier molecular flexibility index (Phi) is 5.15. The van der Waals surface area contributed by atoms with Gasteiger partial charge < -0.3 is 9.47 Å². The average molecular weight is 308 g/mol. The summed E-state index contributed by atoms with van der Waals surface area (Å²) in [7, 11) is 1.20. The molecule has 11 heteroatoms. The third-order valence-electron chi connectivity index (χ3n) is 2.18. The van der Waals surface area contributed by atoms with Crippen LogP contribution in [0.3, 0.4) is 0 Å². The first-order chi connectivity index (χ1) is 8.27. The lowest BCUT2D eigenvalue weighted by Gasteiger charge is -2.36. The molecule has 0 bridgehead atoms. The van der Waals surface area contributed by atoms with Gasteiger partial charge in [0.05, 0.1) is 6.61 Å². The molecule has 0 N–H and O–H groups in total. The van der Waals surface area contributed by atoms with Gasteiger partial charge in [-0.2, -0.15) is 39.5 Å². The monoisotopic (exact) mass is 308 g/mol. The molecule has 0 fully saturated rings. The van der Waals surface area contributed by atoms with E-state index in [1.54, 1.807) is 0 Å². The molecule has 0 saturated carbocycles. The second-order valence-corrected chi connectivity index (χ2v) is 3.45. The highest BCUT2D eigenvalue weighted by Crippen LogP contribution is 2.54. The van der Waals surface area contributed by atoms with E-state index in [0.29, 0.717) is 7.11 Å². The molecule has 0 aromatic heterocycles. The summed E-state index contributed by atoms with van der Waals surface area (Å²) in [4.78, 5) is 0. The minimum absolute atomic E-state index is 0.444. The van der Waals surface area contributed by atoms with Crippen LogP contribution in [0.15, 0.2) is 0 Å². The quantitative estimate of drug-likeness (QED) is 0.702. The number of halogens is 9. The van der Waals surface area contributed by atoms with Gasteiger partial charge in [0.15, 0.2) is 6.10 Å². The zero-order valence-corrected chi connectivity index (χ0v) is 9.50. The van der Waals surface area contributed by atoms with Gasteiger partial charge in [-0.1, -0.05) is 0 Å². The number of rotatable bonds is 6. The Balaban J connectivity index is 5.61. The Bertz CT molecular complexity index is 299. The smallest absolute Gasteiger partial charge is 0.382 e. The van der Waals surface area contributed by atoms with Crippen LogP contribution >= 0.6 is 0 Å². The van der Waals surface area contributed by atoms with Crippen molar-refractivity contribution in [1.29, 1.82) is 0 Å². The van der Waals surface area contributed by atoms with E-state index < -0.39 is 36.7 Å². The van der Waals surface area contributed by atoms with Crippen molar-refractivity contribution in [2.24, 2.45) is 0 Å². The molecule has 0 amide bonds. The molecule has 19 heavy (non-hydrogen) atoms. The van der Waals surface area contributed by atoms with Crippen LogP contribution in [0.25, 0.3) is 0 Å². The van der Waals surface area contributed by atoms with Crippen molar-refractivity contribution in [3.63, 3.8) is 0 Å². The lowest BCUT2D eigenvalue weighted by atomic mass is 9.99. The van der Waals surface area contributed by atoms with E-state index in [9.17, 15) is 39.5 Å². The van der Waals surface area contributed by atoms with Crippen molar-refractivity contribution in [3.05, 3.63) is 0 Å². The van der Waals surface area contributed by atoms with Crippen molar-refractivity contribution < 1.29 is 49.0 Å². The molecular formula is C8H9F9O2. The fourth-order valence-electron chi connectivity index (χ4n) is 1.06. The molecule has 0 aromatic carbocycles. The van der Waals surface area contributed by atoms with Crippen LogP contribution < -0.4 is 0 Å². The van der Waals surface area contributed by atoms with E-state index in [-0.39, 0.29) is 0 Å². The average Bonchev–Trinajstić information content (AvgIpc) is 2.23. The number of hydrogen-bond donors (Lipinski definition) is 0. The van der Waals surface area contributed by atoms with Crippen molar-refractivity contribution in [2.75, 3.05) is 20.8 Å². The standard InChI is InChI=1S/C8H9F9O2/c1-18-3-4(19-2)5(9,10)6(11,12)7(13,14)8(15,16)17/h4H,3H2,1-2H3. The zero-order valence-electron chi connectivity index (χ0n) is 9.50. The van der Waals surface area contributed by atoms with Crippen LogP contribution in [0.1, 0.15) is 0 Å². The van der Waals surface area contributed by atoms with Gasteiger partial charge in [0, 0.05) is 14.2 Å². The van der Waals surface area contributed by atoms with Crippen molar-refractivity contribution in [2.45, 2.75) is 30.0 Å². The fourth-order valence-corrected chi connectivity index (χ4v) is 1.06. The number of ether oxygens (including phenoxy) is 2. The molecule has 0 aliphatic heterocycles. The van der Waals surface area contributed by atoms with Gasteiger partial charge in [0.2, 0.25) is 0 Å². The van der Waals surface area contributed by atoms with E-state index in [2.05, 4.69) is 9.47 Å². The molecular weight excluding hydrogens is 299 g/mol. The SMILES string of the molecule is COCC(OC)C(F)(F)C(F)(F)C(F)(F)C(F)(F)F. The van der Waals surface area contributed by atoms with Gasteiger partial charge in [0.1, 0.15) is 0 Å². The van der Waals surface area contributed by atoms with Crippen molar-refractivity contribution in [3.8, 4) is 0 Å². The van der Waals surface area contributed by atoms with E-state index in [0.717, 1.165) is 7.11 Å². The van der Waals surface area contributed by atoms with Gasteiger partial charge in [0.25, 0.3) is 0 Å². The topological polar surface area (TPSA) is 18.5 Å². The minimum Gasteiger partial charge on any atom is -0.382 e. The van der Waals surface area contributed by atoms with Crippen LogP contribution in [0.4, 0.5) is 39.5 Å². The first-order valence-corrected chi connectivity index (χ1v) is 4.49. The summed E-state index contributed by atoms with van der Waals surface area (Å²) >= 11 is 0. The van der Waals surface area contributed by atoms with Crippen LogP contribution in [0.5, 0.6) is 0 Å². The Morgan fingerprint density at radius 3 is 1.47 bits per heavy atom. The molecule has 0 rings (SSSR count). The highest BCUT2D eigenvalue weighted by Gasteiger charge is 2.83. The molecule has 0 spiro atoms. The van der Waals surface area contributed by atoms with E-state index >= 15 is 0 Å². The Hall–Kier alpha value is -0.710. The van der Waals surface area contributed by atoms with E-state index in [1.165, 1.54) is 0 Å². The first kappa shape index (κ1) is 18.3. The lowest BCUT2D eigenvalue weighted by Crippen LogP contribution is -2.65. The third kappa shape index (κ3) is 2.91. The zero-order chi connectivity index (χ0) is 15.7. The summed E-state index contributed by atoms with van der Waals surface area (Å²) in [5, 5.41) is 0. The van der Waals surface area contributed by atoms with E-state index in [1.807, 2.05) is 0 Å². The maximum atomic E-state index is 13.1. The highest BCUT2D eigenvalue weighted by molar-refractivity contribution is 5.03. The second-order valence-electron chi connectivity index (χ2n) is 3.45. The Labute approximate surface area is 101 Å². The molecule has 0 heterocycles. The largest absolute Gasteiger partial charge is 0.460 e. The molecule has 0 aliphatic carbocycles. The normalized spacial score (nSPS) is 16.6. The summed E-state index contributed by atoms with van der Waals surface area (Å²) in [5.74, 6) is -19.4. The maximum Gasteiger partial charge on any atom is 0.460 e. The van der Waals surface area contributed by atoms with E-state index in [4.69, 9.17) is 0 Å². The van der Waals surface area contributed by atoms with Gasteiger partial charge in [-0.05, 0) is 0 Å². The Morgan fingerprint density at radius 2 is 1.21 bits per heavy atom. The number of hydrogen-bond acceptors (Lipinski definition) is 2. The van der Waals surface area contributed by atoms with Crippen LogP contribution in [-0.2, 0) is 9.47 Å². The molecule has 0 saturated heterocycles. The molecule has 116 valence electrons. The first-order valence-electron chi connectivity index (χ1n) is 4.49. The number of methoxy groups -OCH3 is 2. The molecule has 1 atom stereocenters. The van der Waals surface area contributed by atoms with Crippen LogP contribution in [-0.4, -0.2) is 50.9 Å². The highest BCUT2D eigenvalue weighted by atomic mass is 19.4. The van der Waals surface area contributed by atoms with Gasteiger partial charge in [-0.15, -0.1) is 0 Å². The third-order valence-corrected chi connectivity index (χ3v) is 2.18.